The van der Waals surface area contributed by atoms with E-state index in [1.54, 1.807) is 20.8 Å². The SMILES string of the molecule is COC(=O)C1CCCC(CC(CO)NC(=O)OC(C)(C)C)C1. The molecule has 6 nitrogen and oxygen atoms in total. The van der Waals surface area contributed by atoms with Gasteiger partial charge in [0.2, 0.25) is 0 Å². The number of rotatable bonds is 5. The van der Waals surface area contributed by atoms with Crippen molar-refractivity contribution in [3.8, 4) is 0 Å². The molecule has 1 amide bonds. The molecule has 6 heteroatoms. The number of hydrogen-bond donors (Lipinski definition) is 2. The minimum absolute atomic E-state index is 0.0652. The Morgan fingerprint density at radius 1 is 1.32 bits per heavy atom. The number of ether oxygens (including phenoxy) is 2. The summed E-state index contributed by atoms with van der Waals surface area (Å²) < 4.78 is 10.0. The Balaban J connectivity index is 2.48. The molecular weight excluding hydrogens is 286 g/mol. The first-order chi connectivity index (χ1) is 10.2. The van der Waals surface area contributed by atoms with Crippen molar-refractivity contribution in [3.05, 3.63) is 0 Å². The number of carbonyl (C=O) groups excluding carboxylic acids is 2. The standard InChI is InChI=1S/C16H29NO5/c1-16(2,3)22-15(20)17-13(10-18)9-11-6-5-7-12(8-11)14(19)21-4/h11-13,18H,5-10H2,1-4H3,(H,17,20). The van der Waals surface area contributed by atoms with Gasteiger partial charge in [-0.15, -0.1) is 0 Å². The van der Waals surface area contributed by atoms with Crippen molar-refractivity contribution in [3.63, 3.8) is 0 Å². The van der Waals surface area contributed by atoms with Gasteiger partial charge in [0.15, 0.2) is 0 Å². The highest BCUT2D eigenvalue weighted by Gasteiger charge is 2.30. The average Bonchev–Trinajstić information content (AvgIpc) is 2.44. The van der Waals surface area contributed by atoms with Crippen LogP contribution in [0.1, 0.15) is 52.9 Å². The van der Waals surface area contributed by atoms with Gasteiger partial charge >= 0.3 is 12.1 Å². The van der Waals surface area contributed by atoms with Crippen molar-refractivity contribution >= 4 is 12.1 Å². The van der Waals surface area contributed by atoms with Crippen molar-refractivity contribution < 1.29 is 24.2 Å². The highest BCUT2D eigenvalue weighted by molar-refractivity contribution is 5.72. The molecular formula is C16H29NO5. The lowest BCUT2D eigenvalue weighted by atomic mass is 9.78. The van der Waals surface area contributed by atoms with E-state index < -0.39 is 11.7 Å². The van der Waals surface area contributed by atoms with Crippen LogP contribution in [0.3, 0.4) is 0 Å². The molecule has 0 spiro atoms. The number of carbonyl (C=O) groups is 2. The van der Waals surface area contributed by atoms with Crippen LogP contribution >= 0.6 is 0 Å². The van der Waals surface area contributed by atoms with Gasteiger partial charge in [-0.05, 0) is 46.0 Å². The number of aliphatic hydroxyl groups excluding tert-OH is 1. The lowest BCUT2D eigenvalue weighted by Crippen LogP contribution is -2.42. The Bertz CT molecular complexity index is 377. The zero-order chi connectivity index (χ0) is 16.8. The van der Waals surface area contributed by atoms with E-state index in [0.717, 1.165) is 25.7 Å². The third-order valence-electron chi connectivity index (χ3n) is 3.88. The van der Waals surface area contributed by atoms with Gasteiger partial charge in [-0.2, -0.15) is 0 Å². The Morgan fingerprint density at radius 2 is 2.00 bits per heavy atom. The second kappa shape index (κ2) is 8.36. The van der Waals surface area contributed by atoms with Crippen LogP contribution < -0.4 is 5.32 Å². The molecule has 1 fully saturated rings. The molecule has 0 aliphatic heterocycles. The van der Waals surface area contributed by atoms with E-state index in [1.165, 1.54) is 7.11 Å². The molecule has 0 bridgehead atoms. The number of hydrogen-bond acceptors (Lipinski definition) is 5. The summed E-state index contributed by atoms with van der Waals surface area (Å²) in [5.74, 6) is 0.0694. The van der Waals surface area contributed by atoms with Gasteiger partial charge in [0, 0.05) is 0 Å². The van der Waals surface area contributed by atoms with Crippen LogP contribution in [-0.2, 0) is 14.3 Å². The minimum atomic E-state index is -0.565. The fraction of sp³-hybridized carbons (Fsp3) is 0.875. The van der Waals surface area contributed by atoms with Crippen LogP contribution in [0.5, 0.6) is 0 Å². The average molecular weight is 315 g/mol. The van der Waals surface area contributed by atoms with Crippen molar-refractivity contribution in [2.75, 3.05) is 13.7 Å². The van der Waals surface area contributed by atoms with Crippen LogP contribution in [-0.4, -0.2) is 42.5 Å². The summed E-state index contributed by atoms with van der Waals surface area (Å²) in [5, 5.41) is 12.2. The monoisotopic (exact) mass is 315 g/mol. The fourth-order valence-corrected chi connectivity index (χ4v) is 2.94. The Morgan fingerprint density at radius 3 is 2.55 bits per heavy atom. The van der Waals surface area contributed by atoms with Crippen molar-refractivity contribution in [2.24, 2.45) is 11.8 Å². The predicted octanol–water partition coefficient (Wildman–Crippen LogP) is 2.24. The molecule has 1 saturated carbocycles. The van der Waals surface area contributed by atoms with E-state index in [9.17, 15) is 14.7 Å². The summed E-state index contributed by atoms with van der Waals surface area (Å²) in [7, 11) is 1.41. The van der Waals surface area contributed by atoms with E-state index >= 15 is 0 Å². The minimum Gasteiger partial charge on any atom is -0.469 e. The van der Waals surface area contributed by atoms with Crippen LogP contribution in [0.4, 0.5) is 4.79 Å². The molecule has 0 saturated heterocycles. The molecule has 3 atom stereocenters. The van der Waals surface area contributed by atoms with E-state index in [2.05, 4.69) is 5.32 Å². The molecule has 22 heavy (non-hydrogen) atoms. The third-order valence-corrected chi connectivity index (χ3v) is 3.88. The number of methoxy groups -OCH3 is 1. The van der Waals surface area contributed by atoms with Gasteiger partial charge in [-0.1, -0.05) is 12.8 Å². The summed E-state index contributed by atoms with van der Waals surface area (Å²) in [6.07, 6.45) is 3.69. The summed E-state index contributed by atoms with van der Waals surface area (Å²) in [4.78, 5) is 23.4. The molecule has 2 N–H and O–H groups in total. The summed E-state index contributed by atoms with van der Waals surface area (Å²) in [6.45, 7) is 5.24. The maximum absolute atomic E-state index is 11.8. The number of nitrogens with one attached hydrogen (secondary N) is 1. The van der Waals surface area contributed by atoms with Gasteiger partial charge in [0.1, 0.15) is 5.60 Å². The van der Waals surface area contributed by atoms with E-state index in [1.807, 2.05) is 0 Å². The van der Waals surface area contributed by atoms with Crippen LogP contribution in [0, 0.1) is 11.8 Å². The first-order valence-electron chi connectivity index (χ1n) is 7.93. The Kier molecular flexibility index (Phi) is 7.13. The van der Waals surface area contributed by atoms with Crippen LogP contribution in [0.2, 0.25) is 0 Å². The quantitative estimate of drug-likeness (QED) is 0.760. The molecule has 0 heterocycles. The van der Waals surface area contributed by atoms with E-state index in [4.69, 9.17) is 9.47 Å². The van der Waals surface area contributed by atoms with Crippen molar-refractivity contribution in [2.45, 2.75) is 64.5 Å². The lowest BCUT2D eigenvalue weighted by Gasteiger charge is -2.30. The molecule has 0 aromatic rings. The molecule has 1 rings (SSSR count). The smallest absolute Gasteiger partial charge is 0.407 e. The van der Waals surface area contributed by atoms with Crippen LogP contribution in [0.15, 0.2) is 0 Å². The number of alkyl carbamates (subject to hydrolysis) is 1. The van der Waals surface area contributed by atoms with Gasteiger partial charge in [-0.3, -0.25) is 4.79 Å². The number of amides is 1. The first-order valence-corrected chi connectivity index (χ1v) is 7.93. The number of esters is 1. The normalized spacial score (nSPS) is 23.5. The highest BCUT2D eigenvalue weighted by atomic mass is 16.6. The molecule has 1 aliphatic rings. The predicted molar refractivity (Wildman–Crippen MR) is 82.3 cm³/mol. The topological polar surface area (TPSA) is 84.9 Å². The second-order valence-electron chi connectivity index (χ2n) is 7.01. The lowest BCUT2D eigenvalue weighted by molar-refractivity contribution is -0.147. The molecule has 0 aromatic heterocycles. The van der Waals surface area contributed by atoms with Gasteiger partial charge in [-0.25, -0.2) is 4.79 Å². The zero-order valence-corrected chi connectivity index (χ0v) is 14.1. The molecule has 3 unspecified atom stereocenters. The largest absolute Gasteiger partial charge is 0.469 e. The zero-order valence-electron chi connectivity index (χ0n) is 14.1. The fourth-order valence-electron chi connectivity index (χ4n) is 2.94. The summed E-state index contributed by atoms with van der Waals surface area (Å²) in [6, 6.07) is -0.351. The maximum Gasteiger partial charge on any atom is 0.407 e. The number of aliphatic hydroxyl groups is 1. The Hall–Kier alpha value is -1.30. The maximum atomic E-state index is 11.8. The van der Waals surface area contributed by atoms with Gasteiger partial charge in [0.25, 0.3) is 0 Å². The molecule has 0 radical (unpaired) electrons. The third kappa shape index (κ3) is 6.64. The van der Waals surface area contributed by atoms with Crippen molar-refractivity contribution in [1.29, 1.82) is 0 Å². The van der Waals surface area contributed by atoms with Gasteiger partial charge in [0.05, 0.1) is 25.7 Å². The molecule has 0 aromatic carbocycles. The molecule has 1 aliphatic carbocycles. The highest BCUT2D eigenvalue weighted by Crippen LogP contribution is 2.32. The van der Waals surface area contributed by atoms with Crippen LogP contribution in [0.25, 0.3) is 0 Å². The van der Waals surface area contributed by atoms with E-state index in [0.29, 0.717) is 12.3 Å². The summed E-state index contributed by atoms with van der Waals surface area (Å²) >= 11 is 0. The van der Waals surface area contributed by atoms with E-state index in [-0.39, 0.29) is 24.5 Å². The Labute approximate surface area is 132 Å². The summed E-state index contributed by atoms with van der Waals surface area (Å²) in [5.41, 5.74) is -0.565. The molecule has 128 valence electrons. The van der Waals surface area contributed by atoms with Gasteiger partial charge < -0.3 is 19.9 Å². The first kappa shape index (κ1) is 18.7. The van der Waals surface area contributed by atoms with Crippen molar-refractivity contribution in [1.82, 2.24) is 5.32 Å². The second-order valence-corrected chi connectivity index (χ2v) is 7.01.